The summed E-state index contributed by atoms with van der Waals surface area (Å²) in [5, 5.41) is 8.95. The Kier molecular flexibility index (Phi) is 17.9. The van der Waals surface area contributed by atoms with Gasteiger partial charge in [-0.1, -0.05) is 100 Å². The van der Waals surface area contributed by atoms with E-state index in [0.717, 1.165) is 22.6 Å². The van der Waals surface area contributed by atoms with Gasteiger partial charge in [-0.05, 0) is 43.7 Å². The lowest BCUT2D eigenvalue weighted by molar-refractivity contribution is 0.0990. The number of ketones is 1. The minimum atomic E-state index is -0.436. The largest absolute Gasteiger partial charge is 0.397 e. The van der Waals surface area contributed by atoms with Gasteiger partial charge in [0.15, 0.2) is 16.1 Å². The zero-order valence-electron chi connectivity index (χ0n) is 29.4. The Morgan fingerprint density at radius 3 is 1.93 bits per heavy atom. The summed E-state index contributed by atoms with van der Waals surface area (Å²) in [7, 11) is 0. The SMILES string of the molecule is Br.CCO.CSc1nccc(-c2c(-c3ccccc3)nc3nc(N)ccn23)n1.CSc1nccc(C(Br)C(=O)c2ccccc2)n1.Nc1ccnc(N)n1. The third-order valence-corrected chi connectivity index (χ3v) is 8.71. The maximum atomic E-state index is 12.2. The first-order valence-corrected chi connectivity index (χ1v) is 19.2. The zero-order chi connectivity index (χ0) is 38.2. The van der Waals surface area contributed by atoms with Crippen molar-refractivity contribution >= 4 is 85.6 Å². The van der Waals surface area contributed by atoms with Crippen LogP contribution < -0.4 is 17.2 Å². The van der Waals surface area contributed by atoms with Crippen LogP contribution in [0.4, 0.5) is 17.6 Å². The Balaban J connectivity index is 0.000000230. The summed E-state index contributed by atoms with van der Waals surface area (Å²) in [4.78, 5) is 45.3. The number of hydrogen-bond donors (Lipinski definition) is 4. The summed E-state index contributed by atoms with van der Waals surface area (Å²) in [5.74, 6) is 1.60. The van der Waals surface area contributed by atoms with E-state index in [2.05, 4.69) is 55.8 Å². The first-order valence-electron chi connectivity index (χ1n) is 15.8. The molecule has 0 amide bonds. The number of anilines is 3. The number of rotatable bonds is 7. The van der Waals surface area contributed by atoms with E-state index in [-0.39, 0.29) is 35.3 Å². The van der Waals surface area contributed by atoms with Gasteiger partial charge in [0.05, 0.1) is 11.4 Å². The van der Waals surface area contributed by atoms with Crippen molar-refractivity contribution in [3.05, 3.63) is 121 Å². The molecule has 54 heavy (non-hydrogen) atoms. The fourth-order valence-electron chi connectivity index (χ4n) is 4.42. The summed E-state index contributed by atoms with van der Waals surface area (Å²) < 4.78 is 1.91. The predicted molar refractivity (Wildman–Crippen MR) is 226 cm³/mol. The summed E-state index contributed by atoms with van der Waals surface area (Å²) in [6, 6.07) is 26.1. The van der Waals surface area contributed by atoms with Crippen LogP contribution in [0.5, 0.6) is 0 Å². The van der Waals surface area contributed by atoms with Crippen molar-refractivity contribution in [2.75, 3.05) is 36.3 Å². The van der Waals surface area contributed by atoms with Crippen molar-refractivity contribution in [1.29, 1.82) is 0 Å². The molecule has 14 nitrogen and oxygen atoms in total. The number of alkyl halides is 1. The van der Waals surface area contributed by atoms with Crippen molar-refractivity contribution < 1.29 is 9.90 Å². The van der Waals surface area contributed by atoms with E-state index in [0.29, 0.717) is 39.0 Å². The molecule has 0 spiro atoms. The summed E-state index contributed by atoms with van der Waals surface area (Å²) >= 11 is 6.36. The topological polar surface area (TPSA) is 223 Å². The van der Waals surface area contributed by atoms with E-state index in [1.54, 1.807) is 49.6 Å². The van der Waals surface area contributed by atoms with E-state index >= 15 is 0 Å². The van der Waals surface area contributed by atoms with Gasteiger partial charge in [0.2, 0.25) is 11.7 Å². The normalized spacial score (nSPS) is 10.6. The molecule has 1 atom stereocenters. The number of benzene rings is 2. The molecule has 5 heterocycles. The minimum Gasteiger partial charge on any atom is -0.397 e. The molecule has 0 radical (unpaired) electrons. The fraction of sp³-hybridized carbons (Fsp3) is 0.139. The molecule has 0 bridgehead atoms. The number of aliphatic hydroxyl groups excluding tert-OH is 1. The average Bonchev–Trinajstić information content (AvgIpc) is 3.57. The summed E-state index contributed by atoms with van der Waals surface area (Å²) in [6.07, 6.45) is 10.7. The van der Waals surface area contributed by atoms with Gasteiger partial charge in [0, 0.05) is 42.5 Å². The standard InChI is InChI=1S/C17H14N6S.C13H11BrN2OS.C4H6N4.C2H6O.BrH/c1-24-17-19-9-7-12(20-17)15-14(11-5-3-2-4-6-11)22-16-21-13(18)8-10-23(15)16;1-18-13-15-8-7-10(16-13)11(14)12(17)9-5-3-2-4-6-9;5-3-1-2-7-4(6)8-3;1-2-3;/h2-10H,1H3,(H2,18,21,22);2-8,11H,1H3;1-2H,(H4,5,6,7,8);3H,2H2,1H3;1H. The monoisotopic (exact) mass is 892 g/mol. The highest BCUT2D eigenvalue weighted by Gasteiger charge is 2.21. The Morgan fingerprint density at radius 1 is 0.759 bits per heavy atom. The van der Waals surface area contributed by atoms with Gasteiger partial charge >= 0.3 is 0 Å². The average molecular weight is 895 g/mol. The molecule has 1 unspecified atom stereocenters. The Hall–Kier alpha value is -5.01. The molecule has 7 rings (SSSR count). The Labute approximate surface area is 339 Å². The second-order valence-electron chi connectivity index (χ2n) is 10.3. The van der Waals surface area contributed by atoms with Crippen LogP contribution in [0.25, 0.3) is 28.4 Å². The molecule has 0 saturated carbocycles. The minimum absolute atomic E-state index is 0. The number of carbonyl (C=O) groups excluding carboxylic acids is 1. The molecule has 5 aromatic heterocycles. The molecule has 0 saturated heterocycles. The maximum absolute atomic E-state index is 12.2. The molecule has 0 aliphatic heterocycles. The molecule has 0 aliphatic rings. The number of Topliss-reactive ketones (excluding diaryl/α,β-unsaturated/α-hetero) is 1. The molecule has 0 fully saturated rings. The number of nitrogens with two attached hydrogens (primary N) is 3. The first kappa shape index (κ1) is 43.4. The smallest absolute Gasteiger partial charge is 0.236 e. The third kappa shape index (κ3) is 12.3. The number of halogens is 2. The molecule has 7 aromatic rings. The van der Waals surface area contributed by atoms with E-state index in [1.807, 2.05) is 77.7 Å². The van der Waals surface area contributed by atoms with Crippen LogP contribution in [0.3, 0.4) is 0 Å². The van der Waals surface area contributed by atoms with Crippen LogP contribution in [0.1, 0.15) is 27.8 Å². The Bertz CT molecular complexity index is 2200. The van der Waals surface area contributed by atoms with Crippen LogP contribution in [0, 0.1) is 0 Å². The lowest BCUT2D eigenvalue weighted by Gasteiger charge is -2.08. The second-order valence-corrected chi connectivity index (χ2v) is 12.8. The van der Waals surface area contributed by atoms with Crippen molar-refractivity contribution in [1.82, 2.24) is 44.3 Å². The van der Waals surface area contributed by atoms with E-state index < -0.39 is 4.83 Å². The zero-order valence-corrected chi connectivity index (χ0v) is 34.3. The molecular formula is C36H38Br2N12O2S2. The van der Waals surface area contributed by atoms with Gasteiger partial charge in [-0.3, -0.25) is 9.20 Å². The van der Waals surface area contributed by atoms with Gasteiger partial charge in [-0.2, -0.15) is 9.97 Å². The number of aromatic nitrogens is 9. The molecule has 2 aromatic carbocycles. The molecule has 18 heteroatoms. The first-order chi connectivity index (χ1) is 25.7. The van der Waals surface area contributed by atoms with Gasteiger partial charge in [0.1, 0.15) is 27.9 Å². The van der Waals surface area contributed by atoms with Crippen molar-refractivity contribution in [2.24, 2.45) is 0 Å². The number of aliphatic hydroxyl groups is 1. The van der Waals surface area contributed by atoms with Crippen molar-refractivity contribution in [2.45, 2.75) is 22.1 Å². The van der Waals surface area contributed by atoms with Gasteiger partial charge in [-0.25, -0.2) is 29.9 Å². The van der Waals surface area contributed by atoms with Gasteiger partial charge in [0.25, 0.3) is 0 Å². The number of hydrogen-bond acceptors (Lipinski definition) is 15. The number of imidazole rings is 1. The van der Waals surface area contributed by atoms with E-state index in [9.17, 15) is 4.79 Å². The Morgan fingerprint density at radius 2 is 1.33 bits per heavy atom. The predicted octanol–water partition coefficient (Wildman–Crippen LogP) is 6.89. The van der Waals surface area contributed by atoms with Crippen LogP contribution in [0.15, 0.2) is 120 Å². The summed E-state index contributed by atoms with van der Waals surface area (Å²) in [6.45, 7) is 1.93. The fourth-order valence-corrected chi connectivity index (χ4v) is 5.66. The number of nitrogen functional groups attached to an aromatic ring is 3. The highest BCUT2D eigenvalue weighted by molar-refractivity contribution is 9.09. The summed E-state index contributed by atoms with van der Waals surface area (Å²) in [5.41, 5.74) is 21.0. The third-order valence-electron chi connectivity index (χ3n) is 6.70. The van der Waals surface area contributed by atoms with Crippen LogP contribution >= 0.6 is 56.4 Å². The van der Waals surface area contributed by atoms with Gasteiger partial charge < -0.3 is 22.3 Å². The van der Waals surface area contributed by atoms with Gasteiger partial charge in [-0.15, -0.1) is 17.0 Å². The lowest BCUT2D eigenvalue weighted by atomic mass is 10.1. The van der Waals surface area contributed by atoms with Crippen LogP contribution in [0.2, 0.25) is 0 Å². The van der Waals surface area contributed by atoms with Crippen molar-refractivity contribution in [3.8, 4) is 22.6 Å². The molecular weight excluding hydrogens is 856 g/mol. The number of thioether (sulfide) groups is 2. The number of carbonyl (C=O) groups is 1. The highest BCUT2D eigenvalue weighted by Crippen LogP contribution is 2.32. The molecule has 7 N–H and O–H groups in total. The lowest BCUT2D eigenvalue weighted by Crippen LogP contribution is -2.09. The number of fused-ring (bicyclic) bond motifs is 1. The highest BCUT2D eigenvalue weighted by atomic mass is 79.9. The van der Waals surface area contributed by atoms with E-state index in [4.69, 9.17) is 22.3 Å². The van der Waals surface area contributed by atoms with E-state index in [1.165, 1.54) is 29.7 Å². The maximum Gasteiger partial charge on any atom is 0.236 e. The van der Waals surface area contributed by atoms with Crippen LogP contribution in [-0.2, 0) is 0 Å². The molecule has 280 valence electrons. The quantitative estimate of drug-likeness (QED) is 0.0553. The molecule has 0 aliphatic carbocycles. The van der Waals surface area contributed by atoms with Crippen molar-refractivity contribution in [3.63, 3.8) is 0 Å². The van der Waals surface area contributed by atoms with Crippen LogP contribution in [-0.4, -0.2) is 74.3 Å². The number of nitrogens with zero attached hydrogens (tertiary/aromatic N) is 9. The second kappa shape index (κ2) is 22.3.